The molecule has 2 heterocycles. The van der Waals surface area contributed by atoms with E-state index >= 15 is 0 Å². The van der Waals surface area contributed by atoms with E-state index in [0.717, 1.165) is 22.1 Å². The van der Waals surface area contributed by atoms with Crippen LogP contribution < -0.4 is 5.73 Å². The molecule has 0 bridgehead atoms. The lowest BCUT2D eigenvalue weighted by molar-refractivity contribution is 0.525. The van der Waals surface area contributed by atoms with Crippen LogP contribution in [0.15, 0.2) is 34.0 Å². The molecule has 78 valence electrons. The second kappa shape index (κ2) is 4.35. The molecule has 0 fully saturated rings. The molecule has 4 nitrogen and oxygen atoms in total. The average molecular weight is 221 g/mol. The molecule has 2 aromatic heterocycles. The van der Waals surface area contributed by atoms with Crippen LogP contribution in [0.5, 0.6) is 0 Å². The summed E-state index contributed by atoms with van der Waals surface area (Å²) in [5.74, 6) is 2.19. The summed E-state index contributed by atoms with van der Waals surface area (Å²) >= 11 is 1.66. The summed E-state index contributed by atoms with van der Waals surface area (Å²) < 4.78 is 5.11. The van der Waals surface area contributed by atoms with E-state index in [2.05, 4.69) is 9.97 Å². The number of rotatable bonds is 3. The second-order valence-electron chi connectivity index (χ2n) is 3.06. The topological polar surface area (TPSA) is 64.9 Å². The van der Waals surface area contributed by atoms with Gasteiger partial charge in [0.2, 0.25) is 0 Å². The molecule has 0 spiro atoms. The Morgan fingerprint density at radius 3 is 2.87 bits per heavy atom. The lowest BCUT2D eigenvalue weighted by Crippen LogP contribution is -1.89. The molecule has 0 radical (unpaired) electrons. The number of thioether (sulfide) groups is 1. The highest BCUT2D eigenvalue weighted by Gasteiger charge is 2.03. The van der Waals surface area contributed by atoms with E-state index in [1.54, 1.807) is 24.0 Å². The molecule has 15 heavy (non-hydrogen) atoms. The number of aromatic nitrogens is 2. The van der Waals surface area contributed by atoms with Crippen molar-refractivity contribution in [2.75, 3.05) is 5.73 Å². The third-order valence-corrected chi connectivity index (χ3v) is 2.97. The number of aryl methyl sites for hydroxylation is 1. The molecule has 2 rings (SSSR count). The predicted octanol–water partition coefficient (Wildman–Crippen LogP) is 2.25. The van der Waals surface area contributed by atoms with Gasteiger partial charge in [0.1, 0.15) is 11.6 Å². The highest BCUT2D eigenvalue weighted by Crippen LogP contribution is 2.22. The van der Waals surface area contributed by atoms with Crippen molar-refractivity contribution in [3.63, 3.8) is 0 Å². The van der Waals surface area contributed by atoms with E-state index in [9.17, 15) is 0 Å². The first-order valence-corrected chi connectivity index (χ1v) is 5.47. The van der Waals surface area contributed by atoms with E-state index in [1.807, 2.05) is 13.0 Å². The Morgan fingerprint density at radius 1 is 1.40 bits per heavy atom. The molecule has 0 amide bonds. The van der Waals surface area contributed by atoms with Crippen LogP contribution in [0.25, 0.3) is 0 Å². The van der Waals surface area contributed by atoms with Crippen LogP contribution in [-0.4, -0.2) is 9.97 Å². The molecule has 0 aliphatic carbocycles. The fraction of sp³-hybridized carbons (Fsp3) is 0.200. The van der Waals surface area contributed by atoms with E-state index in [1.165, 1.54) is 6.39 Å². The molecular formula is C10H11N3OS. The van der Waals surface area contributed by atoms with Crippen molar-refractivity contribution in [2.24, 2.45) is 0 Å². The van der Waals surface area contributed by atoms with Crippen LogP contribution in [0.1, 0.15) is 11.5 Å². The van der Waals surface area contributed by atoms with Crippen LogP contribution in [0.2, 0.25) is 0 Å². The zero-order valence-electron chi connectivity index (χ0n) is 8.30. The summed E-state index contributed by atoms with van der Waals surface area (Å²) in [5, 5.41) is 0. The average Bonchev–Trinajstić information content (AvgIpc) is 2.63. The molecular weight excluding hydrogens is 210 g/mol. The minimum Gasteiger partial charge on any atom is -0.448 e. The maximum absolute atomic E-state index is 5.49. The first kappa shape index (κ1) is 10.0. The van der Waals surface area contributed by atoms with Crippen molar-refractivity contribution in [3.8, 4) is 0 Å². The highest BCUT2D eigenvalue weighted by atomic mass is 32.2. The number of nitrogen functional groups attached to an aromatic ring is 1. The zero-order valence-corrected chi connectivity index (χ0v) is 9.12. The Balaban J connectivity index is 1.99. The minimum atomic E-state index is 0.539. The molecule has 0 aliphatic rings. The standard InChI is InChI=1S/C10H11N3OS/c1-7-9(13-6-14-7)5-15-8-2-3-10(11)12-4-8/h2-4,6H,5H2,1H3,(H2,11,12). The molecule has 0 atom stereocenters. The third kappa shape index (κ3) is 2.50. The molecule has 2 N–H and O–H groups in total. The van der Waals surface area contributed by atoms with Crippen molar-refractivity contribution in [1.82, 2.24) is 9.97 Å². The molecule has 0 aromatic carbocycles. The molecule has 0 saturated carbocycles. The van der Waals surface area contributed by atoms with Gasteiger partial charge < -0.3 is 10.2 Å². The van der Waals surface area contributed by atoms with Crippen LogP contribution in [0, 0.1) is 6.92 Å². The summed E-state index contributed by atoms with van der Waals surface area (Å²) in [5.41, 5.74) is 6.46. The maximum Gasteiger partial charge on any atom is 0.181 e. The van der Waals surface area contributed by atoms with E-state index < -0.39 is 0 Å². The summed E-state index contributed by atoms with van der Waals surface area (Å²) in [7, 11) is 0. The van der Waals surface area contributed by atoms with Crippen LogP contribution in [0.3, 0.4) is 0 Å². The van der Waals surface area contributed by atoms with Gasteiger partial charge in [-0.2, -0.15) is 0 Å². The van der Waals surface area contributed by atoms with Gasteiger partial charge in [-0.25, -0.2) is 9.97 Å². The van der Waals surface area contributed by atoms with Gasteiger partial charge in [0.25, 0.3) is 0 Å². The minimum absolute atomic E-state index is 0.539. The lowest BCUT2D eigenvalue weighted by atomic mass is 10.4. The SMILES string of the molecule is Cc1ocnc1CSc1ccc(N)nc1. The molecule has 0 saturated heterocycles. The number of nitrogens with zero attached hydrogens (tertiary/aromatic N) is 2. The van der Waals surface area contributed by atoms with Crippen LogP contribution in [-0.2, 0) is 5.75 Å². The molecule has 0 aliphatic heterocycles. The van der Waals surface area contributed by atoms with Crippen molar-refractivity contribution in [3.05, 3.63) is 36.2 Å². The van der Waals surface area contributed by atoms with Gasteiger partial charge in [-0.3, -0.25) is 0 Å². The summed E-state index contributed by atoms with van der Waals surface area (Å²) in [6.45, 7) is 1.91. The van der Waals surface area contributed by atoms with Crippen LogP contribution >= 0.6 is 11.8 Å². The largest absolute Gasteiger partial charge is 0.448 e. The lowest BCUT2D eigenvalue weighted by Gasteiger charge is -1.99. The van der Waals surface area contributed by atoms with E-state index in [4.69, 9.17) is 10.2 Å². The number of oxazole rings is 1. The van der Waals surface area contributed by atoms with E-state index in [-0.39, 0.29) is 0 Å². The van der Waals surface area contributed by atoms with Crippen molar-refractivity contribution < 1.29 is 4.42 Å². The number of hydrogen-bond donors (Lipinski definition) is 1. The van der Waals surface area contributed by atoms with Gasteiger partial charge in [0.15, 0.2) is 6.39 Å². The summed E-state index contributed by atoms with van der Waals surface area (Å²) in [6.07, 6.45) is 3.22. The number of anilines is 1. The quantitative estimate of drug-likeness (QED) is 0.805. The number of nitrogens with two attached hydrogens (primary N) is 1. The van der Waals surface area contributed by atoms with Gasteiger partial charge in [0.05, 0.1) is 5.69 Å². The van der Waals surface area contributed by atoms with Crippen LogP contribution in [0.4, 0.5) is 5.82 Å². The fourth-order valence-electron chi connectivity index (χ4n) is 1.10. The number of pyridine rings is 1. The smallest absolute Gasteiger partial charge is 0.181 e. The van der Waals surface area contributed by atoms with E-state index in [0.29, 0.717) is 5.82 Å². The van der Waals surface area contributed by atoms with Gasteiger partial charge in [-0.15, -0.1) is 11.8 Å². The van der Waals surface area contributed by atoms with Crippen molar-refractivity contribution in [2.45, 2.75) is 17.6 Å². The van der Waals surface area contributed by atoms with Crippen molar-refractivity contribution in [1.29, 1.82) is 0 Å². The highest BCUT2D eigenvalue weighted by molar-refractivity contribution is 7.98. The Labute approximate surface area is 91.9 Å². The maximum atomic E-state index is 5.49. The second-order valence-corrected chi connectivity index (χ2v) is 4.11. The normalized spacial score (nSPS) is 10.5. The Kier molecular flexibility index (Phi) is 2.91. The monoisotopic (exact) mass is 221 g/mol. The molecule has 0 unspecified atom stereocenters. The van der Waals surface area contributed by atoms with Gasteiger partial charge in [-0.1, -0.05) is 0 Å². The Bertz CT molecular complexity index is 438. The van der Waals surface area contributed by atoms with Gasteiger partial charge in [-0.05, 0) is 19.1 Å². The third-order valence-electron chi connectivity index (χ3n) is 1.98. The Hall–Kier alpha value is -1.49. The van der Waals surface area contributed by atoms with Gasteiger partial charge >= 0.3 is 0 Å². The first-order valence-electron chi connectivity index (χ1n) is 4.49. The molecule has 5 heteroatoms. The summed E-state index contributed by atoms with van der Waals surface area (Å²) in [6, 6.07) is 3.74. The predicted molar refractivity (Wildman–Crippen MR) is 59.5 cm³/mol. The fourth-order valence-corrected chi connectivity index (χ4v) is 1.97. The first-order chi connectivity index (χ1) is 7.25. The number of hydrogen-bond acceptors (Lipinski definition) is 5. The molecule has 2 aromatic rings. The van der Waals surface area contributed by atoms with Gasteiger partial charge in [0, 0.05) is 16.8 Å². The summed E-state index contributed by atoms with van der Waals surface area (Å²) in [4.78, 5) is 9.21. The zero-order chi connectivity index (χ0) is 10.7. The Morgan fingerprint density at radius 2 is 2.27 bits per heavy atom. The van der Waals surface area contributed by atoms with Crippen molar-refractivity contribution >= 4 is 17.6 Å².